The second-order valence-corrected chi connectivity index (χ2v) is 6.53. The summed E-state index contributed by atoms with van der Waals surface area (Å²) in [5, 5.41) is 12.1. The molecule has 2 aromatic carbocycles. The molecule has 0 atom stereocenters. The maximum atomic E-state index is 10.9. The first-order valence-corrected chi connectivity index (χ1v) is 8.79. The molecule has 0 aliphatic rings. The zero-order chi connectivity index (χ0) is 18.4. The number of nitrogens with zero attached hydrogens (tertiary/aromatic N) is 1. The van der Waals surface area contributed by atoms with E-state index in [9.17, 15) is 4.79 Å². The number of carboxylic acids is 1. The summed E-state index contributed by atoms with van der Waals surface area (Å²) in [5.41, 5.74) is 2.23. The number of anilines is 1. The number of aromatic nitrogens is 1. The third-order valence-electron chi connectivity index (χ3n) is 3.73. The number of hydrogen-bond acceptors (Lipinski definition) is 4. The number of ether oxygens (including phenoxy) is 1. The van der Waals surface area contributed by atoms with E-state index in [4.69, 9.17) is 9.84 Å². The van der Waals surface area contributed by atoms with E-state index in [0.29, 0.717) is 19.0 Å². The summed E-state index contributed by atoms with van der Waals surface area (Å²) in [6, 6.07) is 19.0. The Morgan fingerprint density at radius 1 is 1.12 bits per heavy atom. The van der Waals surface area contributed by atoms with Crippen molar-refractivity contribution in [2.45, 2.75) is 13.2 Å². The van der Waals surface area contributed by atoms with Crippen molar-refractivity contribution in [3.8, 4) is 5.75 Å². The van der Waals surface area contributed by atoms with E-state index in [1.54, 1.807) is 6.07 Å². The molecular weight excluding hydrogens is 396 g/mol. The van der Waals surface area contributed by atoms with Crippen LogP contribution in [0.25, 0.3) is 0 Å². The van der Waals surface area contributed by atoms with Crippen LogP contribution < -0.4 is 10.1 Å². The van der Waals surface area contributed by atoms with Crippen LogP contribution in [0.1, 0.15) is 21.5 Å². The molecule has 0 bridgehead atoms. The van der Waals surface area contributed by atoms with Gasteiger partial charge < -0.3 is 15.2 Å². The summed E-state index contributed by atoms with van der Waals surface area (Å²) in [6.07, 6.45) is 1.33. The Balaban J connectivity index is 1.68. The van der Waals surface area contributed by atoms with Crippen molar-refractivity contribution in [1.82, 2.24) is 4.98 Å². The SMILES string of the molecule is O=C(O)c1ccc(NCc2cc(Br)ccc2OCc2ccccc2)nc1. The second kappa shape index (κ2) is 8.49. The van der Waals surface area contributed by atoms with Gasteiger partial charge in [-0.1, -0.05) is 46.3 Å². The first kappa shape index (κ1) is 17.9. The van der Waals surface area contributed by atoms with Crippen LogP contribution in [0, 0.1) is 0 Å². The van der Waals surface area contributed by atoms with Crippen molar-refractivity contribution < 1.29 is 14.6 Å². The maximum Gasteiger partial charge on any atom is 0.337 e. The molecule has 132 valence electrons. The minimum Gasteiger partial charge on any atom is -0.489 e. The van der Waals surface area contributed by atoms with Crippen LogP contribution in [0.3, 0.4) is 0 Å². The van der Waals surface area contributed by atoms with E-state index in [1.807, 2.05) is 48.5 Å². The first-order valence-electron chi connectivity index (χ1n) is 8.00. The number of aromatic carboxylic acids is 1. The summed E-state index contributed by atoms with van der Waals surface area (Å²) < 4.78 is 6.91. The fraction of sp³-hybridized carbons (Fsp3) is 0.100. The Morgan fingerprint density at radius 3 is 2.62 bits per heavy atom. The third kappa shape index (κ3) is 4.83. The minimum atomic E-state index is -0.993. The molecule has 0 aliphatic heterocycles. The molecule has 0 unspecified atom stereocenters. The molecule has 1 aromatic heterocycles. The summed E-state index contributed by atoms with van der Waals surface area (Å²) in [5.74, 6) is 0.392. The van der Waals surface area contributed by atoms with Crippen molar-refractivity contribution in [3.63, 3.8) is 0 Å². The quantitative estimate of drug-likeness (QED) is 0.586. The highest BCUT2D eigenvalue weighted by atomic mass is 79.9. The van der Waals surface area contributed by atoms with Crippen LogP contribution in [-0.2, 0) is 13.2 Å². The van der Waals surface area contributed by atoms with Gasteiger partial charge >= 0.3 is 5.97 Å². The van der Waals surface area contributed by atoms with E-state index in [-0.39, 0.29) is 5.56 Å². The lowest BCUT2D eigenvalue weighted by Crippen LogP contribution is -2.05. The summed E-state index contributed by atoms with van der Waals surface area (Å²) in [4.78, 5) is 15.0. The number of hydrogen-bond donors (Lipinski definition) is 2. The molecule has 0 amide bonds. The van der Waals surface area contributed by atoms with Crippen LogP contribution >= 0.6 is 15.9 Å². The van der Waals surface area contributed by atoms with E-state index in [1.165, 1.54) is 12.3 Å². The Morgan fingerprint density at radius 2 is 1.92 bits per heavy atom. The lowest BCUT2D eigenvalue weighted by molar-refractivity contribution is 0.0696. The van der Waals surface area contributed by atoms with Crippen LogP contribution in [-0.4, -0.2) is 16.1 Å². The lowest BCUT2D eigenvalue weighted by atomic mass is 10.2. The normalized spacial score (nSPS) is 10.3. The van der Waals surface area contributed by atoms with Crippen LogP contribution in [0.4, 0.5) is 5.82 Å². The Hall–Kier alpha value is -2.86. The highest BCUT2D eigenvalue weighted by Crippen LogP contribution is 2.25. The number of nitrogens with one attached hydrogen (secondary N) is 1. The molecule has 2 N–H and O–H groups in total. The Kier molecular flexibility index (Phi) is 5.86. The molecule has 0 fully saturated rings. The van der Waals surface area contributed by atoms with Gasteiger partial charge in [0.1, 0.15) is 18.2 Å². The van der Waals surface area contributed by atoms with Crippen molar-refractivity contribution in [2.24, 2.45) is 0 Å². The van der Waals surface area contributed by atoms with Crippen LogP contribution in [0.5, 0.6) is 5.75 Å². The number of pyridine rings is 1. The smallest absolute Gasteiger partial charge is 0.337 e. The molecule has 1 heterocycles. The molecule has 6 heteroatoms. The number of halogens is 1. The van der Waals surface area contributed by atoms with Crippen molar-refractivity contribution in [1.29, 1.82) is 0 Å². The van der Waals surface area contributed by atoms with E-state index in [2.05, 4.69) is 26.2 Å². The fourth-order valence-corrected chi connectivity index (χ4v) is 2.78. The van der Waals surface area contributed by atoms with Gasteiger partial charge in [0.05, 0.1) is 5.56 Å². The molecule has 3 rings (SSSR count). The van der Waals surface area contributed by atoms with Gasteiger partial charge in [-0.05, 0) is 35.9 Å². The average molecular weight is 413 g/mol. The molecule has 5 nitrogen and oxygen atoms in total. The van der Waals surface area contributed by atoms with E-state index < -0.39 is 5.97 Å². The zero-order valence-corrected chi connectivity index (χ0v) is 15.4. The fourth-order valence-electron chi connectivity index (χ4n) is 2.37. The molecular formula is C20H17BrN2O3. The Labute approximate surface area is 159 Å². The third-order valence-corrected chi connectivity index (χ3v) is 4.22. The molecule has 0 aliphatic carbocycles. The number of rotatable bonds is 7. The van der Waals surface area contributed by atoms with Gasteiger partial charge in [-0.25, -0.2) is 9.78 Å². The molecule has 26 heavy (non-hydrogen) atoms. The Bertz CT molecular complexity index is 883. The lowest BCUT2D eigenvalue weighted by Gasteiger charge is -2.13. The number of carbonyl (C=O) groups is 1. The minimum absolute atomic E-state index is 0.157. The monoisotopic (exact) mass is 412 g/mol. The van der Waals surface area contributed by atoms with Gasteiger partial charge in [-0.15, -0.1) is 0 Å². The van der Waals surface area contributed by atoms with Crippen molar-refractivity contribution in [2.75, 3.05) is 5.32 Å². The second-order valence-electron chi connectivity index (χ2n) is 5.62. The van der Waals surface area contributed by atoms with Crippen LogP contribution in [0.2, 0.25) is 0 Å². The zero-order valence-electron chi connectivity index (χ0n) is 13.9. The van der Waals surface area contributed by atoms with Crippen molar-refractivity contribution in [3.05, 3.63) is 88.0 Å². The van der Waals surface area contributed by atoms with Gasteiger partial charge in [0, 0.05) is 22.8 Å². The van der Waals surface area contributed by atoms with Gasteiger partial charge in [0.2, 0.25) is 0 Å². The average Bonchev–Trinajstić information content (AvgIpc) is 2.66. The molecule has 0 radical (unpaired) electrons. The van der Waals surface area contributed by atoms with Gasteiger partial charge in [-0.3, -0.25) is 0 Å². The molecule has 3 aromatic rings. The predicted octanol–water partition coefficient (Wildman–Crippen LogP) is 4.73. The number of benzene rings is 2. The van der Waals surface area contributed by atoms with E-state index in [0.717, 1.165) is 21.3 Å². The molecule has 0 saturated heterocycles. The summed E-state index contributed by atoms with van der Waals surface area (Å²) >= 11 is 3.48. The first-order chi connectivity index (χ1) is 12.6. The molecule has 0 spiro atoms. The standard InChI is InChI=1S/C20H17BrN2O3/c21-17-7-8-18(26-13-14-4-2-1-3-5-14)16(10-17)12-23-19-9-6-15(11-22-19)20(24)25/h1-11H,12-13H2,(H,22,23)(H,24,25). The van der Waals surface area contributed by atoms with Gasteiger partial charge in [0.15, 0.2) is 0 Å². The predicted molar refractivity (Wildman–Crippen MR) is 103 cm³/mol. The highest BCUT2D eigenvalue weighted by molar-refractivity contribution is 9.10. The number of carboxylic acid groups (broad SMARTS) is 1. The molecule has 0 saturated carbocycles. The summed E-state index contributed by atoms with van der Waals surface area (Å²) in [7, 11) is 0. The van der Waals surface area contributed by atoms with Crippen molar-refractivity contribution >= 4 is 27.7 Å². The largest absolute Gasteiger partial charge is 0.489 e. The van der Waals surface area contributed by atoms with E-state index >= 15 is 0 Å². The van der Waals surface area contributed by atoms with Gasteiger partial charge in [-0.2, -0.15) is 0 Å². The van der Waals surface area contributed by atoms with Crippen LogP contribution in [0.15, 0.2) is 71.3 Å². The highest BCUT2D eigenvalue weighted by Gasteiger charge is 2.07. The summed E-state index contributed by atoms with van der Waals surface area (Å²) in [6.45, 7) is 0.990. The van der Waals surface area contributed by atoms with Gasteiger partial charge in [0.25, 0.3) is 0 Å². The topological polar surface area (TPSA) is 71.5 Å². The maximum absolute atomic E-state index is 10.9.